The molecular weight excluding hydrogens is 378 g/mol. The van der Waals surface area contributed by atoms with Gasteiger partial charge in [0.25, 0.3) is 0 Å². The fraction of sp³-hybridized carbons (Fsp3) is 0.133. The summed E-state index contributed by atoms with van der Waals surface area (Å²) in [7, 11) is 0. The van der Waals surface area contributed by atoms with E-state index < -0.39 is 17.6 Å². The van der Waals surface area contributed by atoms with Crippen LogP contribution in [0.3, 0.4) is 0 Å². The minimum absolute atomic E-state index is 0.0679. The van der Waals surface area contributed by atoms with E-state index in [9.17, 15) is 17.6 Å². The Labute approximate surface area is 137 Å². The number of nitrogens with zero attached hydrogens (tertiary/aromatic N) is 2. The lowest BCUT2D eigenvalue weighted by atomic mass is 10.1. The van der Waals surface area contributed by atoms with Gasteiger partial charge in [-0.15, -0.1) is 0 Å². The topological polar surface area (TPSA) is 27.6 Å². The summed E-state index contributed by atoms with van der Waals surface area (Å²) in [5, 5.41) is 5.83. The van der Waals surface area contributed by atoms with Gasteiger partial charge in [0.2, 0.25) is 0 Å². The molecule has 8 heteroatoms. The first-order valence-electron chi connectivity index (χ1n) is 6.57. The van der Waals surface area contributed by atoms with Gasteiger partial charge >= 0.3 is 6.18 Å². The normalized spacial score (nSPS) is 13.7. The van der Waals surface area contributed by atoms with Crippen molar-refractivity contribution in [1.82, 2.24) is 10.5 Å². The molecule has 0 spiro atoms. The molecular formula is C15H10BrF4N3. The van der Waals surface area contributed by atoms with Crippen molar-refractivity contribution in [2.24, 2.45) is 5.10 Å². The van der Waals surface area contributed by atoms with Crippen LogP contribution in [-0.2, 0) is 12.7 Å². The molecule has 0 fully saturated rings. The van der Waals surface area contributed by atoms with Crippen molar-refractivity contribution in [3.8, 4) is 0 Å². The van der Waals surface area contributed by atoms with Crippen LogP contribution in [0, 0.1) is 5.82 Å². The van der Waals surface area contributed by atoms with Crippen molar-refractivity contribution in [3.05, 3.63) is 68.4 Å². The van der Waals surface area contributed by atoms with Gasteiger partial charge in [0.15, 0.2) is 5.82 Å². The van der Waals surface area contributed by atoms with Crippen molar-refractivity contribution in [3.63, 3.8) is 0 Å². The molecule has 0 aliphatic carbocycles. The Morgan fingerprint density at radius 2 is 1.87 bits per heavy atom. The molecule has 120 valence electrons. The smallest absolute Gasteiger partial charge is 0.274 e. The molecule has 2 aromatic carbocycles. The number of rotatable bonds is 2. The van der Waals surface area contributed by atoms with Crippen molar-refractivity contribution >= 4 is 22.1 Å². The van der Waals surface area contributed by atoms with Gasteiger partial charge in [0.05, 0.1) is 12.1 Å². The van der Waals surface area contributed by atoms with E-state index in [0.717, 1.165) is 6.07 Å². The first-order valence-corrected chi connectivity index (χ1v) is 7.36. The predicted molar refractivity (Wildman–Crippen MR) is 79.5 cm³/mol. The number of hydrogen-bond acceptors (Lipinski definition) is 3. The lowest BCUT2D eigenvalue weighted by Gasteiger charge is -2.23. The number of nitrogens with one attached hydrogen (secondary N) is 1. The molecule has 0 atom stereocenters. The Kier molecular flexibility index (Phi) is 4.01. The molecule has 0 amide bonds. The van der Waals surface area contributed by atoms with E-state index in [-0.39, 0.29) is 17.5 Å². The zero-order chi connectivity index (χ0) is 16.6. The zero-order valence-corrected chi connectivity index (χ0v) is 13.1. The van der Waals surface area contributed by atoms with Crippen LogP contribution in [0.4, 0.5) is 17.6 Å². The molecule has 0 saturated heterocycles. The van der Waals surface area contributed by atoms with Gasteiger partial charge in [-0.3, -0.25) is 5.01 Å². The van der Waals surface area contributed by atoms with Crippen molar-refractivity contribution in [2.75, 3.05) is 0 Å². The highest BCUT2D eigenvalue weighted by Gasteiger charge is 2.33. The van der Waals surface area contributed by atoms with E-state index in [1.165, 1.54) is 41.5 Å². The third-order valence-corrected chi connectivity index (χ3v) is 4.04. The number of fused-ring (bicyclic) bond motifs is 1. The Balaban J connectivity index is 1.98. The molecule has 23 heavy (non-hydrogen) atoms. The highest BCUT2D eigenvalue weighted by Crippen LogP contribution is 2.32. The van der Waals surface area contributed by atoms with E-state index in [2.05, 4.69) is 26.6 Å². The summed E-state index contributed by atoms with van der Waals surface area (Å²) < 4.78 is 53.4. The van der Waals surface area contributed by atoms with E-state index in [4.69, 9.17) is 0 Å². The highest BCUT2D eigenvalue weighted by molar-refractivity contribution is 9.10. The van der Waals surface area contributed by atoms with Gasteiger partial charge in [-0.05, 0) is 23.8 Å². The van der Waals surface area contributed by atoms with E-state index in [1.807, 2.05) is 0 Å². The summed E-state index contributed by atoms with van der Waals surface area (Å²) in [6.45, 7) is -0.0679. The second-order valence-corrected chi connectivity index (χ2v) is 5.77. The lowest BCUT2D eigenvalue weighted by Crippen LogP contribution is -2.44. The largest absolute Gasteiger partial charge is 0.416 e. The molecule has 3 rings (SSSR count). The maximum atomic E-state index is 13.7. The van der Waals surface area contributed by atoms with E-state index in [0.29, 0.717) is 9.69 Å². The average Bonchev–Trinajstić information content (AvgIpc) is 2.51. The van der Waals surface area contributed by atoms with Crippen molar-refractivity contribution in [1.29, 1.82) is 0 Å². The molecule has 0 aromatic heterocycles. The van der Waals surface area contributed by atoms with Crippen LogP contribution in [0.2, 0.25) is 0 Å². The molecule has 0 radical (unpaired) electrons. The second kappa shape index (κ2) is 5.84. The maximum absolute atomic E-state index is 13.7. The first-order chi connectivity index (χ1) is 10.9. The molecule has 1 heterocycles. The van der Waals surface area contributed by atoms with Crippen LogP contribution in [-0.4, -0.2) is 5.01 Å². The molecule has 1 aliphatic heterocycles. The lowest BCUT2D eigenvalue weighted by molar-refractivity contribution is -0.138. The third kappa shape index (κ3) is 3.17. The number of hydrogen-bond donors (Lipinski definition) is 1. The quantitative estimate of drug-likeness (QED) is 0.802. The van der Waals surface area contributed by atoms with Crippen LogP contribution in [0.25, 0.3) is 6.20 Å². The average molecular weight is 388 g/mol. The van der Waals surface area contributed by atoms with Gasteiger partial charge in [0.1, 0.15) is 5.36 Å². The van der Waals surface area contributed by atoms with Crippen molar-refractivity contribution < 1.29 is 17.6 Å². The Hall–Kier alpha value is -2.09. The third-order valence-electron chi connectivity index (χ3n) is 3.35. The van der Waals surface area contributed by atoms with Crippen molar-refractivity contribution in [2.45, 2.75) is 12.7 Å². The summed E-state index contributed by atoms with van der Waals surface area (Å²) in [4.78, 5) is 0. The molecule has 0 unspecified atom stereocenters. The highest BCUT2D eigenvalue weighted by atomic mass is 79.9. The Morgan fingerprint density at radius 1 is 1.13 bits per heavy atom. The Bertz CT molecular complexity index is 864. The van der Waals surface area contributed by atoms with Crippen LogP contribution in [0.5, 0.6) is 0 Å². The van der Waals surface area contributed by atoms with Gasteiger partial charge in [-0.2, -0.15) is 18.3 Å². The monoisotopic (exact) mass is 387 g/mol. The maximum Gasteiger partial charge on any atom is 0.416 e. The number of alkyl halides is 3. The van der Waals surface area contributed by atoms with Crippen LogP contribution in [0.15, 0.2) is 46.0 Å². The summed E-state index contributed by atoms with van der Waals surface area (Å²) in [6.07, 6.45) is -2.92. The molecule has 0 bridgehead atoms. The minimum Gasteiger partial charge on any atom is -0.274 e. The summed E-state index contributed by atoms with van der Waals surface area (Å²) in [5.74, 6) is -0.512. The van der Waals surface area contributed by atoms with Crippen LogP contribution >= 0.6 is 15.9 Å². The van der Waals surface area contributed by atoms with E-state index >= 15 is 0 Å². The van der Waals surface area contributed by atoms with Gasteiger partial charge in [-0.25, -0.2) is 9.93 Å². The zero-order valence-electron chi connectivity index (χ0n) is 11.5. The summed E-state index contributed by atoms with van der Waals surface area (Å²) in [6, 6.07) is 8.08. The molecule has 3 nitrogen and oxygen atoms in total. The fourth-order valence-electron chi connectivity index (χ4n) is 2.29. The molecule has 1 N–H and O–H groups in total. The van der Waals surface area contributed by atoms with E-state index in [1.54, 1.807) is 0 Å². The standard InChI is InChI=1S/C15H10BrF4N3/c16-12-5-6-13(17)14-10(12)8-23(22-21-14)7-9-3-1-2-4-11(9)15(18,19)20/h1-6,8,22H,7H2. The second-order valence-electron chi connectivity index (χ2n) is 4.92. The van der Waals surface area contributed by atoms with Crippen LogP contribution < -0.4 is 16.1 Å². The van der Waals surface area contributed by atoms with Gasteiger partial charge in [-0.1, -0.05) is 34.1 Å². The minimum atomic E-state index is -4.44. The summed E-state index contributed by atoms with van der Waals surface area (Å²) >= 11 is 3.28. The molecule has 0 saturated carbocycles. The van der Waals surface area contributed by atoms with Gasteiger partial charge < -0.3 is 0 Å². The molecule has 2 aromatic rings. The fourth-order valence-corrected chi connectivity index (χ4v) is 2.71. The van der Waals surface area contributed by atoms with Crippen LogP contribution in [0.1, 0.15) is 11.1 Å². The number of halogens is 5. The molecule has 1 aliphatic rings. The van der Waals surface area contributed by atoms with Gasteiger partial charge in [0, 0.05) is 15.9 Å². The number of benzene rings is 2. The number of hydrazine groups is 1. The first kappa shape index (κ1) is 15.8. The Morgan fingerprint density at radius 3 is 2.61 bits per heavy atom. The summed E-state index contributed by atoms with van der Waals surface area (Å²) in [5.41, 5.74) is 1.93. The predicted octanol–water partition coefficient (Wildman–Crippen LogP) is 2.90. The SMILES string of the molecule is Fc1ccc(Br)c2c1=NNN(Cc1ccccc1C(F)(F)F)C=2.